The molecule has 0 heterocycles. The molecule has 37 heavy (non-hydrogen) atoms. The lowest BCUT2D eigenvalue weighted by Gasteiger charge is -2.09. The molecule has 0 amide bonds. The Kier molecular flexibility index (Phi) is 9.21. The van der Waals surface area contributed by atoms with Gasteiger partial charge in [0.2, 0.25) is 13.6 Å². The quantitative estimate of drug-likeness (QED) is 0.147. The summed E-state index contributed by atoms with van der Waals surface area (Å²) >= 11 is 0. The van der Waals surface area contributed by atoms with Crippen LogP contribution in [0.1, 0.15) is 24.2 Å². The second-order valence-corrected chi connectivity index (χ2v) is 7.91. The molecular formula is C29H26O8. The molecule has 3 aromatic carbocycles. The van der Waals surface area contributed by atoms with Gasteiger partial charge in [0, 0.05) is 11.1 Å². The number of rotatable bonds is 11. The smallest absolute Gasteiger partial charge is 0.343 e. The third kappa shape index (κ3) is 8.10. The predicted octanol–water partition coefficient (Wildman–Crippen LogP) is 5.48. The minimum atomic E-state index is -0.540. The fraction of sp³-hybridized carbons (Fsp3) is 0.138. The molecule has 0 saturated carbocycles. The van der Waals surface area contributed by atoms with E-state index in [1.807, 2.05) is 24.3 Å². The number of carbonyl (C=O) groups excluding carboxylic acids is 3. The van der Waals surface area contributed by atoms with Crippen LogP contribution in [0.15, 0.2) is 97.1 Å². The van der Waals surface area contributed by atoms with Gasteiger partial charge in [-0.15, -0.1) is 0 Å². The molecule has 0 aliphatic heterocycles. The van der Waals surface area contributed by atoms with Crippen molar-refractivity contribution in [3.63, 3.8) is 0 Å². The zero-order chi connectivity index (χ0) is 26.8. The van der Waals surface area contributed by atoms with E-state index in [4.69, 9.17) is 23.7 Å². The Morgan fingerprint density at radius 1 is 0.595 bits per heavy atom. The lowest BCUT2D eigenvalue weighted by molar-refractivity contribution is -0.146. The van der Waals surface area contributed by atoms with Crippen LogP contribution >= 0.6 is 0 Å². The first kappa shape index (κ1) is 26.7. The molecule has 0 atom stereocenters. The maximum atomic E-state index is 12.5. The topological polar surface area (TPSA) is 97.4 Å². The summed E-state index contributed by atoms with van der Waals surface area (Å²) in [5.74, 6) is -0.235. The molecule has 0 N–H and O–H groups in total. The monoisotopic (exact) mass is 502 g/mol. The van der Waals surface area contributed by atoms with Crippen LogP contribution in [0.25, 0.3) is 11.1 Å². The predicted molar refractivity (Wildman–Crippen MR) is 136 cm³/mol. The van der Waals surface area contributed by atoms with Crippen LogP contribution in [-0.4, -0.2) is 31.5 Å². The number of carbonyl (C=O) groups is 3. The van der Waals surface area contributed by atoms with Gasteiger partial charge in [0.05, 0.1) is 5.56 Å². The van der Waals surface area contributed by atoms with E-state index in [0.29, 0.717) is 28.4 Å². The van der Waals surface area contributed by atoms with Gasteiger partial charge in [-0.1, -0.05) is 37.4 Å². The zero-order valence-corrected chi connectivity index (χ0v) is 20.5. The summed E-state index contributed by atoms with van der Waals surface area (Å²) in [5, 5.41) is 0. The molecule has 0 fully saturated rings. The minimum absolute atomic E-state index is 0.206. The van der Waals surface area contributed by atoms with Crippen molar-refractivity contribution in [2.75, 3.05) is 13.6 Å². The maximum Gasteiger partial charge on any atom is 0.343 e. The Balaban J connectivity index is 1.50. The van der Waals surface area contributed by atoms with Crippen LogP contribution in [0.4, 0.5) is 0 Å². The van der Waals surface area contributed by atoms with Crippen LogP contribution in [0.3, 0.4) is 0 Å². The molecule has 8 heteroatoms. The van der Waals surface area contributed by atoms with E-state index in [0.717, 1.165) is 11.1 Å². The molecule has 190 valence electrons. The lowest BCUT2D eigenvalue weighted by atomic mass is 10.0. The van der Waals surface area contributed by atoms with Crippen molar-refractivity contribution < 1.29 is 38.1 Å². The molecule has 0 saturated heterocycles. The third-order valence-corrected chi connectivity index (χ3v) is 4.87. The highest BCUT2D eigenvalue weighted by molar-refractivity contribution is 5.91. The van der Waals surface area contributed by atoms with Crippen molar-refractivity contribution >= 4 is 17.9 Å². The van der Waals surface area contributed by atoms with Crippen LogP contribution in [-0.2, 0) is 19.1 Å². The van der Waals surface area contributed by atoms with Crippen molar-refractivity contribution in [1.29, 1.82) is 0 Å². The van der Waals surface area contributed by atoms with E-state index in [9.17, 15) is 14.4 Å². The summed E-state index contributed by atoms with van der Waals surface area (Å²) in [4.78, 5) is 35.2. The second-order valence-electron chi connectivity index (χ2n) is 7.91. The first-order valence-electron chi connectivity index (χ1n) is 11.2. The molecule has 0 radical (unpaired) electrons. The van der Waals surface area contributed by atoms with Gasteiger partial charge in [0.25, 0.3) is 0 Å². The van der Waals surface area contributed by atoms with Crippen molar-refractivity contribution in [3.8, 4) is 28.4 Å². The summed E-state index contributed by atoms with van der Waals surface area (Å²) in [7, 11) is 0. The molecule has 3 aromatic rings. The molecule has 3 rings (SSSR count). The third-order valence-electron chi connectivity index (χ3n) is 4.87. The molecule has 0 aliphatic carbocycles. The van der Waals surface area contributed by atoms with Gasteiger partial charge >= 0.3 is 17.9 Å². The Labute approximate surface area is 214 Å². The van der Waals surface area contributed by atoms with Gasteiger partial charge < -0.3 is 23.7 Å². The van der Waals surface area contributed by atoms with E-state index in [1.54, 1.807) is 62.4 Å². The molecule has 8 nitrogen and oxygen atoms in total. The maximum absolute atomic E-state index is 12.5. The highest BCUT2D eigenvalue weighted by Gasteiger charge is 2.10. The van der Waals surface area contributed by atoms with Crippen LogP contribution in [0, 0.1) is 0 Å². The van der Waals surface area contributed by atoms with E-state index in [-0.39, 0.29) is 19.2 Å². The van der Waals surface area contributed by atoms with Gasteiger partial charge in [-0.3, -0.25) is 0 Å². The fourth-order valence-corrected chi connectivity index (χ4v) is 2.86. The Morgan fingerprint density at radius 2 is 0.973 bits per heavy atom. The van der Waals surface area contributed by atoms with E-state index in [2.05, 4.69) is 13.2 Å². The number of esters is 3. The SMILES string of the molecule is C=C(C)C(=O)OCOc1ccc(OC(=O)c2ccc(-c3ccc(OCOC(=O)C(=C)C)cc3)cc2)cc1. The highest BCUT2D eigenvalue weighted by atomic mass is 16.7. The normalized spacial score (nSPS) is 10.1. The molecule has 0 aromatic heterocycles. The number of ether oxygens (including phenoxy) is 5. The van der Waals surface area contributed by atoms with Crippen LogP contribution in [0.5, 0.6) is 17.2 Å². The molecule has 0 unspecified atom stereocenters. The Hall–Kier alpha value is -4.85. The van der Waals surface area contributed by atoms with Crippen molar-refractivity contribution in [2.24, 2.45) is 0 Å². The average Bonchev–Trinajstić information content (AvgIpc) is 2.90. The van der Waals surface area contributed by atoms with Crippen molar-refractivity contribution in [2.45, 2.75) is 13.8 Å². The zero-order valence-electron chi connectivity index (χ0n) is 20.5. The van der Waals surface area contributed by atoms with E-state index >= 15 is 0 Å². The van der Waals surface area contributed by atoms with E-state index < -0.39 is 17.9 Å². The summed E-state index contributed by atoms with van der Waals surface area (Å²) in [6.07, 6.45) is 0. The van der Waals surface area contributed by atoms with Crippen LogP contribution < -0.4 is 14.2 Å². The van der Waals surface area contributed by atoms with Gasteiger partial charge in [-0.2, -0.15) is 0 Å². The van der Waals surface area contributed by atoms with Gasteiger partial charge in [-0.05, 0) is 73.5 Å². The van der Waals surface area contributed by atoms with Crippen LogP contribution in [0.2, 0.25) is 0 Å². The second kappa shape index (κ2) is 12.7. The minimum Gasteiger partial charge on any atom is -0.457 e. The van der Waals surface area contributed by atoms with Crippen molar-refractivity contribution in [1.82, 2.24) is 0 Å². The summed E-state index contributed by atoms with van der Waals surface area (Å²) in [6, 6.07) is 20.5. The van der Waals surface area contributed by atoms with Gasteiger partial charge in [0.1, 0.15) is 17.2 Å². The number of hydrogen-bond donors (Lipinski definition) is 0. The standard InChI is InChI=1S/C29H26O8/c1-19(2)27(30)35-17-33-24-11-9-22(10-12-24)21-5-7-23(8-6-21)29(32)37-26-15-13-25(14-16-26)34-18-36-28(31)20(3)4/h5-16H,1,3,17-18H2,2,4H3. The molecule has 0 bridgehead atoms. The highest BCUT2D eigenvalue weighted by Crippen LogP contribution is 2.24. The average molecular weight is 503 g/mol. The van der Waals surface area contributed by atoms with E-state index in [1.165, 1.54) is 0 Å². The van der Waals surface area contributed by atoms with Crippen molar-refractivity contribution in [3.05, 3.63) is 103 Å². The lowest BCUT2D eigenvalue weighted by Crippen LogP contribution is -2.11. The van der Waals surface area contributed by atoms with Gasteiger partial charge in [0.15, 0.2) is 0 Å². The first-order chi connectivity index (χ1) is 17.7. The number of benzene rings is 3. The summed E-state index contributed by atoms with van der Waals surface area (Å²) in [5.41, 5.74) is 2.77. The molecule has 0 aliphatic rings. The summed E-state index contributed by atoms with van der Waals surface area (Å²) < 4.78 is 25.9. The Morgan fingerprint density at radius 3 is 1.41 bits per heavy atom. The number of hydrogen-bond acceptors (Lipinski definition) is 8. The largest absolute Gasteiger partial charge is 0.457 e. The first-order valence-corrected chi connectivity index (χ1v) is 11.2. The van der Waals surface area contributed by atoms with Gasteiger partial charge in [-0.25, -0.2) is 14.4 Å². The molecule has 0 spiro atoms. The molecular weight excluding hydrogens is 476 g/mol. The summed E-state index contributed by atoms with van der Waals surface area (Å²) in [6.45, 7) is 9.64. The fourth-order valence-electron chi connectivity index (χ4n) is 2.86. The Bertz CT molecular complexity index is 1270.